The number of nitrogens with one attached hydrogen (secondary N) is 2. The van der Waals surface area contributed by atoms with E-state index in [0.29, 0.717) is 5.92 Å². The molecule has 7 nitrogen and oxygen atoms in total. The standard InChI is InChI=1S/C30H30F3N3O4/c1-17-12-24(36-28(39)40-29(2,3)4)25(14-22(17)30(31,32)33)35-27(38)15-26(37)20-7-5-6-19(13-20)21-10-11-23(34-16-21)18-8-9-18/h5-7,10-14,16,18H,8-9,15H2,1-4H3,(H,35,38)(H,36,39). The molecule has 1 fully saturated rings. The summed E-state index contributed by atoms with van der Waals surface area (Å²) in [6, 6.07) is 12.4. The zero-order chi connectivity index (χ0) is 29.2. The number of hydrogen-bond acceptors (Lipinski definition) is 5. The number of aryl methyl sites for hydroxylation is 1. The molecule has 1 saturated carbocycles. The number of rotatable bonds is 7. The molecule has 2 aromatic carbocycles. The van der Waals surface area contributed by atoms with Gasteiger partial charge in [-0.25, -0.2) is 4.79 Å². The van der Waals surface area contributed by atoms with E-state index in [4.69, 9.17) is 4.74 Å². The molecule has 0 bridgehead atoms. The fourth-order valence-electron chi connectivity index (χ4n) is 4.14. The molecule has 10 heteroatoms. The van der Waals surface area contributed by atoms with Crippen LogP contribution in [0.1, 0.15) is 73.1 Å². The fourth-order valence-corrected chi connectivity index (χ4v) is 4.14. The first-order valence-electron chi connectivity index (χ1n) is 12.8. The van der Waals surface area contributed by atoms with Crippen LogP contribution >= 0.6 is 0 Å². The summed E-state index contributed by atoms with van der Waals surface area (Å²) in [6.07, 6.45) is -2.21. The smallest absolute Gasteiger partial charge is 0.416 e. The number of carbonyl (C=O) groups excluding carboxylic acids is 3. The molecule has 1 aliphatic rings. The maximum atomic E-state index is 13.6. The Morgan fingerprint density at radius 2 is 1.65 bits per heavy atom. The number of halogens is 3. The summed E-state index contributed by atoms with van der Waals surface area (Å²) in [5.41, 5.74) is 0.469. The van der Waals surface area contributed by atoms with Crippen molar-refractivity contribution in [2.75, 3.05) is 10.6 Å². The monoisotopic (exact) mass is 553 g/mol. The maximum absolute atomic E-state index is 13.6. The topological polar surface area (TPSA) is 97.4 Å². The molecule has 0 saturated heterocycles. The van der Waals surface area contributed by atoms with Crippen LogP contribution in [0.2, 0.25) is 0 Å². The Hall–Kier alpha value is -4.21. The lowest BCUT2D eigenvalue weighted by atomic mass is 10.0. The second kappa shape index (κ2) is 11.1. The summed E-state index contributed by atoms with van der Waals surface area (Å²) >= 11 is 0. The Labute approximate surface area is 230 Å². The van der Waals surface area contributed by atoms with Crippen molar-refractivity contribution < 1.29 is 32.3 Å². The quantitative estimate of drug-likeness (QED) is 0.233. The molecule has 40 heavy (non-hydrogen) atoms. The van der Waals surface area contributed by atoms with Gasteiger partial charge in [0.15, 0.2) is 5.78 Å². The van der Waals surface area contributed by atoms with Crippen LogP contribution in [-0.2, 0) is 15.7 Å². The molecule has 0 radical (unpaired) electrons. The van der Waals surface area contributed by atoms with Crippen molar-refractivity contribution >= 4 is 29.2 Å². The lowest BCUT2D eigenvalue weighted by molar-refractivity contribution is -0.138. The minimum Gasteiger partial charge on any atom is -0.444 e. The molecule has 3 aromatic rings. The zero-order valence-corrected chi connectivity index (χ0v) is 22.6. The molecule has 1 heterocycles. The van der Waals surface area contributed by atoms with Gasteiger partial charge in [0.25, 0.3) is 0 Å². The van der Waals surface area contributed by atoms with E-state index in [1.807, 2.05) is 18.2 Å². The third-order valence-electron chi connectivity index (χ3n) is 6.20. The SMILES string of the molecule is Cc1cc(NC(=O)OC(C)(C)C)c(NC(=O)CC(=O)c2cccc(-c3ccc(C4CC4)nc3)c2)cc1C(F)(F)F. The third kappa shape index (κ3) is 7.46. The summed E-state index contributed by atoms with van der Waals surface area (Å²) < 4.78 is 45.9. The number of alkyl halides is 3. The number of carbonyl (C=O) groups is 3. The van der Waals surface area contributed by atoms with Gasteiger partial charge in [-0.15, -0.1) is 0 Å². The fraction of sp³-hybridized carbons (Fsp3) is 0.333. The number of ketones is 1. The molecule has 1 aromatic heterocycles. The maximum Gasteiger partial charge on any atom is 0.416 e. The molecular weight excluding hydrogens is 523 g/mol. The first-order chi connectivity index (χ1) is 18.7. The van der Waals surface area contributed by atoms with E-state index >= 15 is 0 Å². The average molecular weight is 554 g/mol. The van der Waals surface area contributed by atoms with Crippen molar-refractivity contribution in [1.82, 2.24) is 4.98 Å². The second-order valence-corrected chi connectivity index (χ2v) is 10.8. The van der Waals surface area contributed by atoms with E-state index < -0.39 is 41.5 Å². The average Bonchev–Trinajstić information content (AvgIpc) is 3.69. The van der Waals surface area contributed by atoms with Crippen LogP contribution in [0.15, 0.2) is 54.7 Å². The Bertz CT molecular complexity index is 1440. The van der Waals surface area contributed by atoms with E-state index in [9.17, 15) is 27.6 Å². The van der Waals surface area contributed by atoms with Crippen molar-refractivity contribution in [1.29, 1.82) is 0 Å². The summed E-state index contributed by atoms with van der Waals surface area (Å²) in [5.74, 6) is -0.845. The largest absolute Gasteiger partial charge is 0.444 e. The number of Topliss-reactive ketones (excluding diaryl/α,β-unsaturated/α-hetero) is 1. The first-order valence-corrected chi connectivity index (χ1v) is 12.8. The highest BCUT2D eigenvalue weighted by Gasteiger charge is 2.34. The van der Waals surface area contributed by atoms with Crippen molar-refractivity contribution in [2.24, 2.45) is 0 Å². The predicted molar refractivity (Wildman–Crippen MR) is 145 cm³/mol. The number of ether oxygens (including phenoxy) is 1. The lowest BCUT2D eigenvalue weighted by Crippen LogP contribution is -2.28. The third-order valence-corrected chi connectivity index (χ3v) is 6.20. The Morgan fingerprint density at radius 1 is 0.950 bits per heavy atom. The normalized spacial score (nSPS) is 13.5. The summed E-state index contributed by atoms with van der Waals surface area (Å²) in [7, 11) is 0. The van der Waals surface area contributed by atoms with Crippen molar-refractivity contribution in [3.05, 3.63) is 77.1 Å². The van der Waals surface area contributed by atoms with Gasteiger partial charge in [0.05, 0.1) is 23.4 Å². The molecule has 4 rings (SSSR count). The van der Waals surface area contributed by atoms with E-state index in [1.54, 1.807) is 45.2 Å². The highest BCUT2D eigenvalue weighted by atomic mass is 19.4. The number of hydrogen-bond donors (Lipinski definition) is 2. The number of pyridine rings is 1. The van der Waals surface area contributed by atoms with Crippen molar-refractivity contribution in [2.45, 2.75) is 64.7 Å². The highest BCUT2D eigenvalue weighted by Crippen LogP contribution is 2.39. The van der Waals surface area contributed by atoms with Gasteiger partial charge in [-0.1, -0.05) is 24.3 Å². The van der Waals surface area contributed by atoms with Gasteiger partial charge in [-0.05, 0) is 75.9 Å². The van der Waals surface area contributed by atoms with Crippen molar-refractivity contribution in [3.63, 3.8) is 0 Å². The first kappa shape index (κ1) is 28.8. The number of amides is 2. The van der Waals surface area contributed by atoms with Gasteiger partial charge >= 0.3 is 12.3 Å². The van der Waals surface area contributed by atoms with E-state index in [2.05, 4.69) is 15.6 Å². The summed E-state index contributed by atoms with van der Waals surface area (Å²) in [4.78, 5) is 42.5. The summed E-state index contributed by atoms with van der Waals surface area (Å²) in [5, 5.41) is 4.73. The minimum atomic E-state index is -4.70. The van der Waals surface area contributed by atoms with Gasteiger partial charge < -0.3 is 10.1 Å². The molecule has 0 aliphatic heterocycles. The van der Waals surface area contributed by atoms with Crippen LogP contribution in [0.4, 0.5) is 29.3 Å². The van der Waals surface area contributed by atoms with Crippen LogP contribution in [-0.4, -0.2) is 28.4 Å². The number of benzene rings is 2. The molecule has 2 N–H and O–H groups in total. The highest BCUT2D eigenvalue weighted by molar-refractivity contribution is 6.12. The van der Waals surface area contributed by atoms with Gasteiger partial charge in [-0.2, -0.15) is 13.2 Å². The molecule has 0 spiro atoms. The Balaban J connectivity index is 1.51. The van der Waals surface area contributed by atoms with Crippen LogP contribution in [0.5, 0.6) is 0 Å². The summed E-state index contributed by atoms with van der Waals surface area (Å²) in [6.45, 7) is 6.13. The van der Waals surface area contributed by atoms with Crippen LogP contribution in [0.25, 0.3) is 11.1 Å². The zero-order valence-electron chi connectivity index (χ0n) is 22.6. The Morgan fingerprint density at radius 3 is 2.25 bits per heavy atom. The molecule has 210 valence electrons. The van der Waals surface area contributed by atoms with Gasteiger partial charge in [0.2, 0.25) is 5.91 Å². The number of aromatic nitrogens is 1. The van der Waals surface area contributed by atoms with Crippen LogP contribution in [0, 0.1) is 6.92 Å². The van der Waals surface area contributed by atoms with Crippen LogP contribution < -0.4 is 10.6 Å². The van der Waals surface area contributed by atoms with Crippen molar-refractivity contribution in [3.8, 4) is 11.1 Å². The van der Waals surface area contributed by atoms with Gasteiger partial charge in [0, 0.05) is 28.9 Å². The minimum absolute atomic E-state index is 0.0929. The molecular formula is C30H30F3N3O4. The molecule has 0 unspecified atom stereocenters. The molecule has 0 atom stereocenters. The lowest BCUT2D eigenvalue weighted by Gasteiger charge is -2.21. The predicted octanol–water partition coefficient (Wildman–Crippen LogP) is 7.51. The van der Waals surface area contributed by atoms with Gasteiger partial charge in [-0.3, -0.25) is 19.9 Å². The Kier molecular flexibility index (Phi) is 8.00. The van der Waals surface area contributed by atoms with E-state index in [1.165, 1.54) is 6.92 Å². The van der Waals surface area contributed by atoms with E-state index in [0.717, 1.165) is 41.8 Å². The number of anilines is 2. The van der Waals surface area contributed by atoms with Gasteiger partial charge in [0.1, 0.15) is 5.60 Å². The van der Waals surface area contributed by atoms with E-state index in [-0.39, 0.29) is 22.5 Å². The second-order valence-electron chi connectivity index (χ2n) is 10.8. The number of nitrogens with zero attached hydrogens (tertiary/aromatic N) is 1. The molecule has 1 aliphatic carbocycles. The van der Waals surface area contributed by atoms with Crippen LogP contribution in [0.3, 0.4) is 0 Å². The molecule has 2 amide bonds.